The number of benzene rings is 1. The van der Waals surface area contributed by atoms with E-state index < -0.39 is 0 Å². The first-order valence-corrected chi connectivity index (χ1v) is 6.68. The number of hydrogen-bond acceptors (Lipinski definition) is 5. The lowest BCUT2D eigenvalue weighted by Gasteiger charge is -2.07. The predicted molar refractivity (Wildman–Crippen MR) is 85.8 cm³/mol. The number of hydrogen-bond donors (Lipinski definition) is 3. The highest BCUT2D eigenvalue weighted by Gasteiger charge is 2.04. The summed E-state index contributed by atoms with van der Waals surface area (Å²) in [5, 5.41) is 24.3. The van der Waals surface area contributed by atoms with Crippen molar-refractivity contribution >= 4 is 17.2 Å². The molecule has 1 heterocycles. The van der Waals surface area contributed by atoms with Crippen LogP contribution in [0.4, 0.5) is 5.69 Å². The number of amidine groups is 1. The Morgan fingerprint density at radius 3 is 2.82 bits per heavy atom. The number of nitrogens with one attached hydrogen (secondary N) is 2. The van der Waals surface area contributed by atoms with Crippen LogP contribution < -0.4 is 11.2 Å². The lowest BCUT2D eigenvalue weighted by Crippen LogP contribution is -2.21. The number of nitrogens with two attached hydrogens (primary N) is 1. The molecule has 1 aromatic carbocycles. The maximum absolute atomic E-state index is 8.80. The standard InChI is InChI=1S/C15H17N7/c1-10-6-11(2)22(21-10)9-12-4-3-5-13(7-12)19-20-14(8-16)15(17)18/h3-7,19H,9H2,1-2H3,(H3,17,18)/b20-14+. The molecule has 0 aliphatic carbocycles. The molecule has 2 rings (SSSR count). The minimum absolute atomic E-state index is 0.149. The molecule has 2 aromatic rings. The molecule has 7 heteroatoms. The van der Waals surface area contributed by atoms with E-state index in [1.807, 2.05) is 48.9 Å². The highest BCUT2D eigenvalue weighted by molar-refractivity contribution is 6.45. The van der Waals surface area contributed by atoms with Gasteiger partial charge in [-0.1, -0.05) is 12.1 Å². The maximum atomic E-state index is 8.80. The minimum atomic E-state index is -0.367. The quantitative estimate of drug-likeness (QED) is 0.443. The molecule has 0 aliphatic rings. The second kappa shape index (κ2) is 6.54. The van der Waals surface area contributed by atoms with E-state index in [4.69, 9.17) is 16.4 Å². The lowest BCUT2D eigenvalue weighted by molar-refractivity contribution is 0.659. The van der Waals surface area contributed by atoms with E-state index in [1.165, 1.54) is 0 Å². The smallest absolute Gasteiger partial charge is 0.201 e. The van der Waals surface area contributed by atoms with Gasteiger partial charge in [0.2, 0.25) is 5.71 Å². The summed E-state index contributed by atoms with van der Waals surface area (Å²) in [4.78, 5) is 0. The molecule has 0 aliphatic heterocycles. The Bertz CT molecular complexity index is 764. The van der Waals surface area contributed by atoms with E-state index in [1.54, 1.807) is 6.07 Å². The van der Waals surface area contributed by atoms with Crippen LogP contribution >= 0.6 is 0 Å². The van der Waals surface area contributed by atoms with E-state index in [9.17, 15) is 0 Å². The van der Waals surface area contributed by atoms with Crippen molar-refractivity contribution in [1.82, 2.24) is 9.78 Å². The zero-order valence-corrected chi connectivity index (χ0v) is 12.5. The van der Waals surface area contributed by atoms with Gasteiger partial charge in [0.1, 0.15) is 6.07 Å². The highest BCUT2D eigenvalue weighted by atomic mass is 15.3. The van der Waals surface area contributed by atoms with Crippen molar-refractivity contribution < 1.29 is 0 Å². The SMILES string of the molecule is Cc1cc(C)n(Cc2cccc(N/N=C(\C#N)C(=N)N)c2)n1. The normalized spacial score (nSPS) is 11.0. The van der Waals surface area contributed by atoms with Gasteiger partial charge in [0.25, 0.3) is 0 Å². The van der Waals surface area contributed by atoms with E-state index in [-0.39, 0.29) is 11.5 Å². The molecule has 7 nitrogen and oxygen atoms in total. The van der Waals surface area contributed by atoms with Gasteiger partial charge in [0.05, 0.1) is 17.9 Å². The van der Waals surface area contributed by atoms with Crippen LogP contribution in [0.25, 0.3) is 0 Å². The van der Waals surface area contributed by atoms with E-state index in [0.29, 0.717) is 12.2 Å². The van der Waals surface area contributed by atoms with Crippen LogP contribution in [0.1, 0.15) is 17.0 Å². The molecular weight excluding hydrogens is 278 g/mol. The van der Waals surface area contributed by atoms with Crippen LogP contribution in [0.2, 0.25) is 0 Å². The third kappa shape index (κ3) is 3.70. The molecule has 0 atom stereocenters. The van der Waals surface area contributed by atoms with Crippen LogP contribution in [0.5, 0.6) is 0 Å². The monoisotopic (exact) mass is 295 g/mol. The van der Waals surface area contributed by atoms with Gasteiger partial charge in [-0.3, -0.25) is 15.5 Å². The zero-order valence-electron chi connectivity index (χ0n) is 12.5. The first kappa shape index (κ1) is 15.3. The Morgan fingerprint density at radius 1 is 1.45 bits per heavy atom. The number of anilines is 1. The average Bonchev–Trinajstić information content (AvgIpc) is 2.77. The molecule has 0 unspecified atom stereocenters. The Hall–Kier alpha value is -3.14. The Morgan fingerprint density at radius 2 is 2.23 bits per heavy atom. The van der Waals surface area contributed by atoms with Gasteiger partial charge >= 0.3 is 0 Å². The fourth-order valence-corrected chi connectivity index (χ4v) is 2.01. The van der Waals surface area contributed by atoms with Crippen molar-refractivity contribution in [2.24, 2.45) is 10.8 Å². The maximum Gasteiger partial charge on any atom is 0.201 e. The summed E-state index contributed by atoms with van der Waals surface area (Å²) in [6, 6.07) is 11.4. The third-order valence-corrected chi connectivity index (χ3v) is 3.02. The first-order chi connectivity index (χ1) is 10.5. The molecule has 0 fully saturated rings. The predicted octanol–water partition coefficient (Wildman–Crippen LogP) is 1.78. The van der Waals surface area contributed by atoms with Gasteiger partial charge in [0.15, 0.2) is 5.84 Å². The van der Waals surface area contributed by atoms with Crippen LogP contribution in [-0.2, 0) is 6.54 Å². The van der Waals surface area contributed by atoms with E-state index in [0.717, 1.165) is 17.0 Å². The van der Waals surface area contributed by atoms with Gasteiger partial charge in [-0.15, -0.1) is 0 Å². The zero-order chi connectivity index (χ0) is 16.1. The molecule has 0 spiro atoms. The molecule has 0 bridgehead atoms. The molecule has 0 amide bonds. The summed E-state index contributed by atoms with van der Waals surface area (Å²) in [7, 11) is 0. The van der Waals surface area contributed by atoms with Crippen LogP contribution in [0.15, 0.2) is 35.4 Å². The Kier molecular flexibility index (Phi) is 4.53. The fraction of sp³-hybridized carbons (Fsp3) is 0.200. The number of aromatic nitrogens is 2. The molecule has 0 saturated carbocycles. The molecule has 0 radical (unpaired) electrons. The molecule has 1 aromatic heterocycles. The van der Waals surface area contributed by atoms with Crippen LogP contribution in [0.3, 0.4) is 0 Å². The first-order valence-electron chi connectivity index (χ1n) is 6.68. The second-order valence-corrected chi connectivity index (χ2v) is 4.88. The topological polar surface area (TPSA) is 116 Å². The number of nitriles is 1. The van der Waals surface area contributed by atoms with Gasteiger partial charge in [0, 0.05) is 5.69 Å². The number of aryl methyl sites for hydroxylation is 2. The van der Waals surface area contributed by atoms with Gasteiger partial charge in [-0.2, -0.15) is 15.5 Å². The number of hydrazone groups is 1. The summed E-state index contributed by atoms with van der Waals surface area (Å²) < 4.78 is 1.92. The van der Waals surface area contributed by atoms with Crippen molar-refractivity contribution in [1.29, 1.82) is 10.7 Å². The molecule has 22 heavy (non-hydrogen) atoms. The van der Waals surface area contributed by atoms with Crippen molar-refractivity contribution in [2.45, 2.75) is 20.4 Å². The van der Waals surface area contributed by atoms with E-state index in [2.05, 4.69) is 15.6 Å². The molecule has 4 N–H and O–H groups in total. The van der Waals surface area contributed by atoms with Crippen LogP contribution in [-0.4, -0.2) is 21.3 Å². The Labute approximate surface area is 128 Å². The molecular formula is C15H17N7. The van der Waals surface area contributed by atoms with Crippen molar-refractivity contribution in [3.63, 3.8) is 0 Å². The van der Waals surface area contributed by atoms with Gasteiger partial charge in [-0.25, -0.2) is 0 Å². The summed E-state index contributed by atoms with van der Waals surface area (Å²) >= 11 is 0. The van der Waals surface area contributed by atoms with Gasteiger partial charge in [-0.05, 0) is 37.6 Å². The average molecular weight is 295 g/mol. The lowest BCUT2D eigenvalue weighted by atomic mass is 10.2. The fourth-order valence-electron chi connectivity index (χ4n) is 2.01. The van der Waals surface area contributed by atoms with Crippen LogP contribution in [0, 0.1) is 30.6 Å². The third-order valence-electron chi connectivity index (χ3n) is 3.02. The summed E-state index contributed by atoms with van der Waals surface area (Å²) in [5.41, 5.74) is 11.7. The summed E-state index contributed by atoms with van der Waals surface area (Å²) in [6.07, 6.45) is 0. The summed E-state index contributed by atoms with van der Waals surface area (Å²) in [6.45, 7) is 4.62. The minimum Gasteiger partial charge on any atom is -0.382 e. The number of nitrogens with zero attached hydrogens (tertiary/aromatic N) is 4. The van der Waals surface area contributed by atoms with Crippen molar-refractivity contribution in [3.8, 4) is 6.07 Å². The van der Waals surface area contributed by atoms with Crippen molar-refractivity contribution in [2.75, 3.05) is 5.43 Å². The highest BCUT2D eigenvalue weighted by Crippen LogP contribution is 2.13. The molecule has 0 saturated heterocycles. The summed E-state index contributed by atoms with van der Waals surface area (Å²) in [5.74, 6) is -0.367. The Balaban J connectivity index is 2.15. The largest absolute Gasteiger partial charge is 0.382 e. The number of rotatable bonds is 5. The van der Waals surface area contributed by atoms with Gasteiger partial charge < -0.3 is 5.73 Å². The second-order valence-electron chi connectivity index (χ2n) is 4.88. The molecule has 112 valence electrons. The van der Waals surface area contributed by atoms with E-state index >= 15 is 0 Å². The van der Waals surface area contributed by atoms with Crippen molar-refractivity contribution in [3.05, 3.63) is 47.3 Å².